The van der Waals surface area contributed by atoms with E-state index in [0.717, 1.165) is 33.5 Å². The van der Waals surface area contributed by atoms with Gasteiger partial charge >= 0.3 is 0 Å². The monoisotopic (exact) mass is 425 g/mol. The van der Waals surface area contributed by atoms with Crippen LogP contribution < -0.4 is 9.47 Å². The molecule has 0 aliphatic rings. The molecule has 29 heavy (non-hydrogen) atoms. The van der Waals surface area contributed by atoms with E-state index in [4.69, 9.17) is 14.5 Å². The molecule has 0 N–H and O–H groups in total. The highest BCUT2D eigenvalue weighted by molar-refractivity contribution is 7.98. The SMILES string of the molecule is CCOc1ccccc1-n1nnnc1SCc1csc(-c2ccccc2OC)n1. The molecule has 2 heterocycles. The van der Waals surface area contributed by atoms with E-state index < -0.39 is 0 Å². The highest BCUT2D eigenvalue weighted by atomic mass is 32.2. The lowest BCUT2D eigenvalue weighted by Crippen LogP contribution is -2.03. The van der Waals surface area contributed by atoms with E-state index >= 15 is 0 Å². The number of hydrogen-bond donors (Lipinski definition) is 0. The van der Waals surface area contributed by atoms with Crippen molar-refractivity contribution in [2.75, 3.05) is 13.7 Å². The van der Waals surface area contributed by atoms with E-state index in [9.17, 15) is 0 Å². The van der Waals surface area contributed by atoms with E-state index in [-0.39, 0.29) is 0 Å². The van der Waals surface area contributed by atoms with Crippen molar-refractivity contribution in [1.29, 1.82) is 0 Å². The third-order valence-corrected chi connectivity index (χ3v) is 5.95. The van der Waals surface area contributed by atoms with Crippen LogP contribution in [-0.2, 0) is 5.75 Å². The summed E-state index contributed by atoms with van der Waals surface area (Å²) in [7, 11) is 1.67. The maximum Gasteiger partial charge on any atom is 0.214 e. The summed E-state index contributed by atoms with van der Waals surface area (Å²) < 4.78 is 12.8. The highest BCUT2D eigenvalue weighted by Gasteiger charge is 2.15. The zero-order valence-electron chi connectivity index (χ0n) is 16.0. The molecule has 4 rings (SSSR count). The van der Waals surface area contributed by atoms with Gasteiger partial charge in [-0.2, -0.15) is 4.68 Å². The van der Waals surface area contributed by atoms with Gasteiger partial charge in [-0.3, -0.25) is 0 Å². The van der Waals surface area contributed by atoms with Gasteiger partial charge in [0, 0.05) is 11.1 Å². The number of nitrogens with zero attached hydrogens (tertiary/aromatic N) is 5. The number of hydrogen-bond acceptors (Lipinski definition) is 8. The summed E-state index contributed by atoms with van der Waals surface area (Å²) in [6.07, 6.45) is 0. The summed E-state index contributed by atoms with van der Waals surface area (Å²) in [6, 6.07) is 15.6. The Bertz CT molecular complexity index is 1100. The summed E-state index contributed by atoms with van der Waals surface area (Å²) in [5.74, 6) is 2.22. The van der Waals surface area contributed by atoms with Crippen LogP contribution in [0.15, 0.2) is 59.1 Å². The lowest BCUT2D eigenvalue weighted by Gasteiger charge is -2.10. The topological polar surface area (TPSA) is 75.0 Å². The second-order valence-electron chi connectivity index (χ2n) is 5.91. The molecular weight excluding hydrogens is 406 g/mol. The Labute approximate surface area is 176 Å². The van der Waals surface area contributed by atoms with Gasteiger partial charge in [-0.1, -0.05) is 36.0 Å². The maximum absolute atomic E-state index is 5.70. The number of aromatic nitrogens is 5. The number of para-hydroxylation sites is 3. The van der Waals surface area contributed by atoms with Gasteiger partial charge in [0.05, 0.1) is 25.0 Å². The van der Waals surface area contributed by atoms with Gasteiger partial charge in [-0.05, 0) is 41.6 Å². The predicted octanol–water partition coefficient (Wildman–Crippen LogP) is 4.49. The van der Waals surface area contributed by atoms with Gasteiger partial charge in [0.25, 0.3) is 0 Å². The molecule has 0 fully saturated rings. The maximum atomic E-state index is 5.70. The molecule has 0 amide bonds. The first kappa shape index (κ1) is 19.4. The second kappa shape index (κ2) is 9.06. The largest absolute Gasteiger partial charge is 0.496 e. The molecule has 0 aliphatic heterocycles. The first-order chi connectivity index (χ1) is 14.3. The van der Waals surface area contributed by atoms with Gasteiger partial charge in [0.15, 0.2) is 0 Å². The standard InChI is InChI=1S/C20H19N5O2S2/c1-3-27-18-11-7-5-9-16(18)25-20(22-23-24-25)29-13-14-12-28-19(21-14)15-8-4-6-10-17(15)26-2/h4-12H,3,13H2,1-2H3. The van der Waals surface area contributed by atoms with Crippen LogP contribution in [0.3, 0.4) is 0 Å². The summed E-state index contributed by atoms with van der Waals surface area (Å²) in [4.78, 5) is 4.75. The second-order valence-corrected chi connectivity index (χ2v) is 7.71. The van der Waals surface area contributed by atoms with Gasteiger partial charge in [0.2, 0.25) is 5.16 Å². The predicted molar refractivity (Wildman–Crippen MR) is 114 cm³/mol. The fourth-order valence-electron chi connectivity index (χ4n) is 2.79. The average molecular weight is 426 g/mol. The Hall–Kier alpha value is -2.91. The molecule has 2 aromatic carbocycles. The van der Waals surface area contributed by atoms with Crippen LogP contribution in [0.1, 0.15) is 12.6 Å². The van der Waals surface area contributed by atoms with Crippen LogP contribution in [0.2, 0.25) is 0 Å². The number of methoxy groups -OCH3 is 1. The normalized spacial score (nSPS) is 10.8. The van der Waals surface area contributed by atoms with Crippen molar-refractivity contribution < 1.29 is 9.47 Å². The minimum absolute atomic E-state index is 0.576. The zero-order chi connectivity index (χ0) is 20.1. The quantitative estimate of drug-likeness (QED) is 0.385. The van der Waals surface area contributed by atoms with Crippen molar-refractivity contribution in [1.82, 2.24) is 25.2 Å². The molecule has 0 unspecified atom stereocenters. The van der Waals surface area contributed by atoms with Crippen LogP contribution in [0, 0.1) is 0 Å². The number of rotatable bonds is 8. The molecule has 4 aromatic rings. The Morgan fingerprint density at radius 3 is 2.69 bits per heavy atom. The van der Waals surface area contributed by atoms with Crippen molar-refractivity contribution in [2.24, 2.45) is 0 Å². The molecule has 9 heteroatoms. The molecule has 148 valence electrons. The first-order valence-corrected chi connectivity index (χ1v) is 10.9. The van der Waals surface area contributed by atoms with Crippen molar-refractivity contribution >= 4 is 23.1 Å². The van der Waals surface area contributed by atoms with Crippen LogP contribution in [0.5, 0.6) is 11.5 Å². The fourth-order valence-corrected chi connectivity index (χ4v) is 4.52. The molecule has 0 bridgehead atoms. The molecule has 0 radical (unpaired) electrons. The zero-order valence-corrected chi connectivity index (χ0v) is 17.6. The van der Waals surface area contributed by atoms with E-state index in [1.807, 2.05) is 55.5 Å². The minimum atomic E-state index is 0.576. The van der Waals surface area contributed by atoms with Crippen molar-refractivity contribution in [3.8, 4) is 27.8 Å². The number of tetrazole rings is 1. The summed E-state index contributed by atoms with van der Waals surface area (Å²) in [5, 5.41) is 15.8. The van der Waals surface area contributed by atoms with Gasteiger partial charge < -0.3 is 9.47 Å². The molecule has 0 aliphatic carbocycles. The molecule has 0 spiro atoms. The van der Waals surface area contributed by atoms with Crippen LogP contribution in [0.25, 0.3) is 16.3 Å². The third kappa shape index (κ3) is 4.25. The number of thiazole rings is 1. The van der Waals surface area contributed by atoms with Gasteiger partial charge in [0.1, 0.15) is 22.2 Å². The highest BCUT2D eigenvalue weighted by Crippen LogP contribution is 2.33. The van der Waals surface area contributed by atoms with Crippen LogP contribution in [-0.4, -0.2) is 38.9 Å². The molecule has 2 aromatic heterocycles. The van der Waals surface area contributed by atoms with E-state index in [2.05, 4.69) is 20.9 Å². The van der Waals surface area contributed by atoms with E-state index in [1.165, 1.54) is 11.8 Å². The summed E-state index contributed by atoms with van der Waals surface area (Å²) in [6.45, 7) is 2.53. The minimum Gasteiger partial charge on any atom is -0.496 e. The molecule has 7 nitrogen and oxygen atoms in total. The molecular formula is C20H19N5O2S2. The lowest BCUT2D eigenvalue weighted by atomic mass is 10.2. The molecule has 0 atom stereocenters. The summed E-state index contributed by atoms with van der Waals surface area (Å²) >= 11 is 3.13. The van der Waals surface area contributed by atoms with Crippen LogP contribution >= 0.6 is 23.1 Å². The molecule has 0 saturated heterocycles. The number of ether oxygens (including phenoxy) is 2. The molecule has 0 saturated carbocycles. The number of benzene rings is 2. The Kier molecular flexibility index (Phi) is 6.06. The average Bonchev–Trinajstić information content (AvgIpc) is 3.42. The smallest absolute Gasteiger partial charge is 0.214 e. The van der Waals surface area contributed by atoms with E-state index in [0.29, 0.717) is 17.5 Å². The van der Waals surface area contributed by atoms with Crippen molar-refractivity contribution in [3.63, 3.8) is 0 Å². The van der Waals surface area contributed by atoms with Gasteiger partial charge in [-0.15, -0.1) is 16.4 Å². The third-order valence-electron chi connectivity index (χ3n) is 4.07. The van der Waals surface area contributed by atoms with Crippen molar-refractivity contribution in [3.05, 3.63) is 59.6 Å². The van der Waals surface area contributed by atoms with Crippen molar-refractivity contribution in [2.45, 2.75) is 17.8 Å². The Balaban J connectivity index is 1.52. The lowest BCUT2D eigenvalue weighted by molar-refractivity contribution is 0.337. The Morgan fingerprint density at radius 2 is 1.86 bits per heavy atom. The Morgan fingerprint density at radius 1 is 1.07 bits per heavy atom. The first-order valence-electron chi connectivity index (χ1n) is 9.01. The summed E-state index contributed by atoms with van der Waals surface area (Å²) in [5.41, 5.74) is 2.77. The number of thioether (sulfide) groups is 1. The van der Waals surface area contributed by atoms with Crippen LogP contribution in [0.4, 0.5) is 0 Å². The van der Waals surface area contributed by atoms with Gasteiger partial charge in [-0.25, -0.2) is 4.98 Å². The fraction of sp³-hybridized carbons (Fsp3) is 0.200. The van der Waals surface area contributed by atoms with E-state index in [1.54, 1.807) is 23.1 Å².